The summed E-state index contributed by atoms with van der Waals surface area (Å²) in [5.41, 5.74) is 0. The molecule has 4 aromatic heterocycles. The molecule has 0 saturated carbocycles. The minimum absolute atomic E-state index is 0.175. The molecule has 0 saturated heterocycles. The summed E-state index contributed by atoms with van der Waals surface area (Å²) in [5.74, 6) is 3.41. The van der Waals surface area contributed by atoms with Crippen molar-refractivity contribution >= 4 is 95.5 Å². The predicted octanol–water partition coefficient (Wildman–Crippen LogP) is 17.9. The van der Waals surface area contributed by atoms with Gasteiger partial charge in [-0.05, 0) is 0 Å². The van der Waals surface area contributed by atoms with E-state index in [1.165, 1.54) is 166 Å². The molecule has 334 valence electrons. The predicted molar refractivity (Wildman–Crippen MR) is 271 cm³/mol. The topological polar surface area (TPSA) is 44.8 Å². The van der Waals surface area contributed by atoms with E-state index >= 15 is 0 Å². The fourth-order valence-corrected chi connectivity index (χ4v) is 14.5. The maximum absolute atomic E-state index is 13.4. The summed E-state index contributed by atoms with van der Waals surface area (Å²) in [5, 5.41) is 8.21. The standard InChI is InChI=1S/C53H74O4S3Se/c1-7-13-18-20-25-38(23-16-10-4)34-55-50-40-27-28-58-45(40)29-41-42(50)30-46-43(51(41)56-35-39(24-17-11-5)26-21-19-14-8-2)31-47(59-46)52-44-32-48(60-49(44)36-61-52)53(54)57-33-37(12-6)22-15-9-3/h27-32,36-39H,7-26,33-35H2,1-6H3. The van der Waals surface area contributed by atoms with Gasteiger partial charge in [0.25, 0.3) is 0 Å². The van der Waals surface area contributed by atoms with E-state index in [1.807, 2.05) is 11.3 Å². The molecule has 4 heterocycles. The first-order chi connectivity index (χ1) is 29.9. The monoisotopic (exact) mass is 950 g/mol. The minimum atomic E-state index is -0.175. The summed E-state index contributed by atoms with van der Waals surface area (Å²) in [7, 11) is 0. The van der Waals surface area contributed by atoms with E-state index in [-0.39, 0.29) is 20.5 Å². The molecule has 0 N–H and O–H groups in total. The van der Waals surface area contributed by atoms with E-state index in [1.54, 1.807) is 22.7 Å². The fraction of sp³-hybridized carbons (Fsp3) is 0.604. The Morgan fingerprint density at radius 1 is 0.557 bits per heavy atom. The van der Waals surface area contributed by atoms with Crippen LogP contribution in [-0.4, -0.2) is 40.3 Å². The Kier molecular flexibility index (Phi) is 19.9. The van der Waals surface area contributed by atoms with E-state index in [0.29, 0.717) is 24.4 Å². The van der Waals surface area contributed by atoms with E-state index < -0.39 is 0 Å². The van der Waals surface area contributed by atoms with Gasteiger partial charge in [0.1, 0.15) is 0 Å². The van der Waals surface area contributed by atoms with Crippen LogP contribution in [0.2, 0.25) is 0 Å². The van der Waals surface area contributed by atoms with Crippen LogP contribution in [0.15, 0.2) is 40.7 Å². The van der Waals surface area contributed by atoms with Crippen molar-refractivity contribution in [2.24, 2.45) is 17.8 Å². The number of hydrogen-bond acceptors (Lipinski definition) is 7. The van der Waals surface area contributed by atoms with Gasteiger partial charge in [0.05, 0.1) is 0 Å². The Labute approximate surface area is 385 Å². The van der Waals surface area contributed by atoms with Crippen LogP contribution in [0.1, 0.15) is 180 Å². The number of fused-ring (bicyclic) bond motifs is 4. The zero-order chi connectivity index (χ0) is 43.0. The van der Waals surface area contributed by atoms with E-state index in [0.717, 1.165) is 42.4 Å². The molecule has 3 atom stereocenters. The van der Waals surface area contributed by atoms with Gasteiger partial charge in [-0.2, -0.15) is 0 Å². The van der Waals surface area contributed by atoms with Crippen molar-refractivity contribution in [3.05, 3.63) is 45.5 Å². The van der Waals surface area contributed by atoms with Crippen LogP contribution < -0.4 is 9.47 Å². The molecular formula is C53H74O4S3Se. The van der Waals surface area contributed by atoms with E-state index in [4.69, 9.17) is 14.2 Å². The Hall–Kier alpha value is -2.35. The van der Waals surface area contributed by atoms with Gasteiger partial charge in [0.2, 0.25) is 0 Å². The van der Waals surface area contributed by atoms with E-state index in [9.17, 15) is 4.79 Å². The van der Waals surface area contributed by atoms with Crippen molar-refractivity contribution in [2.75, 3.05) is 19.8 Å². The number of benzene rings is 2. The SMILES string of the molecule is CCCCCCC(CCCC)COc1c2ccsc2cc2c(OCC(CCCC)CCCCCC)c3cc(-c4[se]cc5sc(C(=O)OCC(CC)CCCC)cc45)sc3cc12. The third kappa shape index (κ3) is 12.9. The molecule has 61 heavy (non-hydrogen) atoms. The molecule has 6 aromatic rings. The van der Waals surface area contributed by atoms with Crippen molar-refractivity contribution < 1.29 is 19.0 Å². The van der Waals surface area contributed by atoms with Crippen LogP contribution >= 0.6 is 34.0 Å². The second-order valence-corrected chi connectivity index (χ2v) is 22.6. The molecule has 0 spiro atoms. The summed E-state index contributed by atoms with van der Waals surface area (Å²) in [6.07, 6.45) is 24.7. The summed E-state index contributed by atoms with van der Waals surface area (Å²) >= 11 is 5.47. The van der Waals surface area contributed by atoms with Crippen molar-refractivity contribution in [1.29, 1.82) is 0 Å². The molecule has 0 radical (unpaired) electrons. The van der Waals surface area contributed by atoms with Crippen LogP contribution in [0.25, 0.3) is 50.3 Å². The first-order valence-corrected chi connectivity index (χ1v) is 28.6. The summed E-state index contributed by atoms with van der Waals surface area (Å²) in [4.78, 5) is 17.7. The average Bonchev–Trinajstić information content (AvgIpc) is 4.09. The molecular weight excluding hydrogens is 876 g/mol. The van der Waals surface area contributed by atoms with Gasteiger partial charge in [0.15, 0.2) is 0 Å². The van der Waals surface area contributed by atoms with Crippen molar-refractivity contribution in [3.63, 3.8) is 0 Å². The van der Waals surface area contributed by atoms with Gasteiger partial charge in [0, 0.05) is 0 Å². The molecule has 0 amide bonds. The van der Waals surface area contributed by atoms with Gasteiger partial charge in [-0.15, -0.1) is 0 Å². The second kappa shape index (κ2) is 25.2. The Balaban J connectivity index is 1.38. The Morgan fingerprint density at radius 2 is 1.13 bits per heavy atom. The number of carbonyl (C=O) groups excluding carboxylic acids is 1. The van der Waals surface area contributed by atoms with Crippen LogP contribution in [-0.2, 0) is 4.74 Å². The van der Waals surface area contributed by atoms with Crippen molar-refractivity contribution in [2.45, 2.75) is 170 Å². The number of esters is 1. The second-order valence-electron chi connectivity index (χ2n) is 17.7. The summed E-state index contributed by atoms with van der Waals surface area (Å²) < 4.78 is 25.3. The van der Waals surface area contributed by atoms with Crippen LogP contribution in [0.5, 0.6) is 11.5 Å². The van der Waals surface area contributed by atoms with Crippen LogP contribution in [0.4, 0.5) is 0 Å². The molecule has 4 nitrogen and oxygen atoms in total. The Bertz CT molecular complexity index is 2220. The van der Waals surface area contributed by atoms with Crippen LogP contribution in [0.3, 0.4) is 0 Å². The van der Waals surface area contributed by atoms with Gasteiger partial charge >= 0.3 is 336 Å². The quantitative estimate of drug-likeness (QED) is 0.0256. The molecule has 0 aliphatic carbocycles. The van der Waals surface area contributed by atoms with Gasteiger partial charge in [-0.25, -0.2) is 0 Å². The summed E-state index contributed by atoms with van der Waals surface area (Å²) in [6, 6.07) is 11.6. The van der Waals surface area contributed by atoms with Gasteiger partial charge in [-0.3, -0.25) is 0 Å². The molecule has 8 heteroatoms. The van der Waals surface area contributed by atoms with Gasteiger partial charge in [-0.1, -0.05) is 52.9 Å². The molecule has 3 unspecified atom stereocenters. The third-order valence-electron chi connectivity index (χ3n) is 12.8. The molecule has 0 fully saturated rings. The van der Waals surface area contributed by atoms with Crippen molar-refractivity contribution in [3.8, 4) is 20.8 Å². The average molecular weight is 950 g/mol. The van der Waals surface area contributed by atoms with Crippen LogP contribution in [0, 0.1) is 17.8 Å². The zero-order valence-corrected chi connectivity index (χ0v) is 42.5. The third-order valence-corrected chi connectivity index (χ3v) is 18.6. The number of carbonyl (C=O) groups is 1. The first kappa shape index (κ1) is 48.1. The Morgan fingerprint density at radius 3 is 1.74 bits per heavy atom. The molecule has 6 rings (SSSR count). The molecule has 2 aromatic carbocycles. The molecule has 0 aliphatic rings. The summed E-state index contributed by atoms with van der Waals surface area (Å²) in [6.45, 7) is 15.6. The number of rotatable bonds is 30. The zero-order valence-electron chi connectivity index (χ0n) is 38.3. The van der Waals surface area contributed by atoms with Gasteiger partial charge < -0.3 is 0 Å². The molecule has 0 bridgehead atoms. The number of thiophene rings is 3. The maximum atomic E-state index is 13.4. The first-order valence-electron chi connectivity index (χ1n) is 24.3. The normalized spacial score (nSPS) is 13.5. The number of ether oxygens (including phenoxy) is 3. The fourth-order valence-electron chi connectivity index (χ4n) is 8.85. The number of hydrogen-bond donors (Lipinski definition) is 0. The van der Waals surface area contributed by atoms with E-state index in [2.05, 4.69) is 82.2 Å². The molecule has 0 aliphatic heterocycles. The van der Waals surface area contributed by atoms with Crippen molar-refractivity contribution in [1.82, 2.24) is 0 Å². The number of unbranched alkanes of at least 4 members (excludes halogenated alkanes) is 9.